The maximum atomic E-state index is 11.0. The molecule has 0 aliphatic heterocycles. The van der Waals surface area contributed by atoms with Gasteiger partial charge in [0.05, 0.1) is 5.92 Å². The maximum Gasteiger partial charge on any atom is 0.312 e. The second-order valence-corrected chi connectivity index (χ2v) is 4.37. The Morgan fingerprint density at radius 2 is 2.07 bits per heavy atom. The zero-order valence-electron chi connectivity index (χ0n) is 8.75. The van der Waals surface area contributed by atoms with Crippen LogP contribution in [0.25, 0.3) is 0 Å². The molecule has 1 unspecified atom stereocenters. The molecule has 0 saturated carbocycles. The van der Waals surface area contributed by atoms with E-state index in [4.69, 9.17) is 10.8 Å². The summed E-state index contributed by atoms with van der Waals surface area (Å²) in [6, 6.07) is 3.68. The summed E-state index contributed by atoms with van der Waals surface area (Å²) in [5.41, 5.74) is 8.32. The van der Waals surface area contributed by atoms with Gasteiger partial charge in [-0.25, -0.2) is 0 Å². The Labute approximate surface area is 97.4 Å². The van der Waals surface area contributed by atoms with Crippen molar-refractivity contribution in [3.8, 4) is 0 Å². The minimum absolute atomic E-state index is 0.122. The average molecular weight is 272 g/mol. The zero-order chi connectivity index (χ0) is 11.6. The molecule has 82 valence electrons. The summed E-state index contributed by atoms with van der Waals surface area (Å²) in [5, 5.41) is 9.02. The molecule has 0 saturated heterocycles. The van der Waals surface area contributed by atoms with Crippen LogP contribution in [0.1, 0.15) is 22.6 Å². The average Bonchev–Trinajstić information content (AvgIpc) is 2.18. The van der Waals surface area contributed by atoms with E-state index in [9.17, 15) is 4.79 Å². The van der Waals surface area contributed by atoms with Crippen molar-refractivity contribution in [3.63, 3.8) is 0 Å². The maximum absolute atomic E-state index is 11.0. The fourth-order valence-corrected chi connectivity index (χ4v) is 1.98. The Morgan fingerprint density at radius 3 is 2.53 bits per heavy atom. The Bertz CT molecular complexity index is 390. The van der Waals surface area contributed by atoms with Crippen LogP contribution in [0.2, 0.25) is 0 Å². The summed E-state index contributed by atoms with van der Waals surface area (Å²) < 4.78 is 0.991. The van der Waals surface area contributed by atoms with Crippen molar-refractivity contribution in [2.45, 2.75) is 19.8 Å². The van der Waals surface area contributed by atoms with Gasteiger partial charge in [-0.15, -0.1) is 0 Å². The smallest absolute Gasteiger partial charge is 0.312 e. The molecular weight excluding hydrogens is 258 g/mol. The Balaban J connectivity index is 3.25. The first-order chi connectivity index (χ1) is 6.99. The Hall–Kier alpha value is -0.870. The van der Waals surface area contributed by atoms with Crippen LogP contribution in [-0.4, -0.2) is 17.6 Å². The van der Waals surface area contributed by atoms with Crippen LogP contribution in [0.15, 0.2) is 16.6 Å². The third-order valence-electron chi connectivity index (χ3n) is 2.67. The summed E-state index contributed by atoms with van der Waals surface area (Å²) in [4.78, 5) is 11.0. The van der Waals surface area contributed by atoms with E-state index in [-0.39, 0.29) is 6.54 Å². The predicted molar refractivity (Wildman–Crippen MR) is 63.0 cm³/mol. The summed E-state index contributed by atoms with van der Waals surface area (Å²) in [6.07, 6.45) is 0. The van der Waals surface area contributed by atoms with E-state index in [1.807, 2.05) is 26.0 Å². The molecule has 1 aromatic rings. The summed E-state index contributed by atoms with van der Waals surface area (Å²) >= 11 is 3.41. The third-order valence-corrected chi connectivity index (χ3v) is 3.53. The van der Waals surface area contributed by atoms with Crippen molar-refractivity contribution in [2.75, 3.05) is 6.54 Å². The van der Waals surface area contributed by atoms with Crippen LogP contribution in [-0.2, 0) is 4.79 Å². The van der Waals surface area contributed by atoms with Gasteiger partial charge in [0.2, 0.25) is 0 Å². The van der Waals surface area contributed by atoms with Crippen molar-refractivity contribution < 1.29 is 9.90 Å². The Kier molecular flexibility index (Phi) is 3.88. The van der Waals surface area contributed by atoms with Crippen molar-refractivity contribution in [1.29, 1.82) is 0 Å². The highest BCUT2D eigenvalue weighted by molar-refractivity contribution is 9.10. The fourth-order valence-electron chi connectivity index (χ4n) is 1.55. The first-order valence-electron chi connectivity index (χ1n) is 4.67. The quantitative estimate of drug-likeness (QED) is 0.886. The van der Waals surface area contributed by atoms with E-state index in [2.05, 4.69) is 15.9 Å². The molecule has 1 aromatic carbocycles. The third kappa shape index (κ3) is 2.38. The molecule has 0 fully saturated rings. The van der Waals surface area contributed by atoms with Crippen molar-refractivity contribution in [3.05, 3.63) is 33.3 Å². The number of nitrogens with two attached hydrogens (primary N) is 1. The number of halogens is 1. The highest BCUT2D eigenvalue weighted by Gasteiger charge is 2.20. The van der Waals surface area contributed by atoms with Gasteiger partial charge in [-0.05, 0) is 36.6 Å². The lowest BCUT2D eigenvalue weighted by Gasteiger charge is -2.15. The fraction of sp³-hybridized carbons (Fsp3) is 0.364. The van der Waals surface area contributed by atoms with Gasteiger partial charge in [-0.1, -0.05) is 22.0 Å². The molecule has 0 amide bonds. The number of carboxylic acids is 1. The number of carbonyl (C=O) groups is 1. The number of carboxylic acid groups (broad SMARTS) is 1. The minimum Gasteiger partial charge on any atom is -0.481 e. The minimum atomic E-state index is -0.873. The standard InChI is InChI=1S/C11H14BrNO2/c1-6-7(2)10(12)4-3-8(6)9(5-13)11(14)15/h3-4,9H,5,13H2,1-2H3,(H,14,15). The molecule has 1 atom stereocenters. The molecular formula is C11H14BrNO2. The van der Waals surface area contributed by atoms with E-state index in [1.165, 1.54) is 0 Å². The van der Waals surface area contributed by atoms with Gasteiger partial charge in [0.1, 0.15) is 0 Å². The van der Waals surface area contributed by atoms with Crippen molar-refractivity contribution in [1.82, 2.24) is 0 Å². The van der Waals surface area contributed by atoms with Gasteiger partial charge < -0.3 is 10.8 Å². The molecule has 0 radical (unpaired) electrons. The summed E-state index contributed by atoms with van der Waals surface area (Å²) in [7, 11) is 0. The van der Waals surface area contributed by atoms with E-state index >= 15 is 0 Å². The van der Waals surface area contributed by atoms with Gasteiger partial charge >= 0.3 is 5.97 Å². The topological polar surface area (TPSA) is 63.3 Å². The van der Waals surface area contributed by atoms with Gasteiger partial charge in [0.25, 0.3) is 0 Å². The van der Waals surface area contributed by atoms with Gasteiger partial charge in [-0.3, -0.25) is 4.79 Å². The lowest BCUT2D eigenvalue weighted by Crippen LogP contribution is -2.22. The predicted octanol–water partition coefficient (Wildman–Crippen LogP) is 2.19. The van der Waals surface area contributed by atoms with Gasteiger partial charge in [0.15, 0.2) is 0 Å². The van der Waals surface area contributed by atoms with Crippen molar-refractivity contribution >= 4 is 21.9 Å². The molecule has 1 rings (SSSR count). The highest BCUT2D eigenvalue weighted by atomic mass is 79.9. The van der Waals surface area contributed by atoms with E-state index in [1.54, 1.807) is 0 Å². The molecule has 0 bridgehead atoms. The normalized spacial score (nSPS) is 12.5. The zero-order valence-corrected chi connectivity index (χ0v) is 10.3. The number of aliphatic carboxylic acids is 1. The van der Waals surface area contributed by atoms with Gasteiger partial charge in [0, 0.05) is 11.0 Å². The van der Waals surface area contributed by atoms with E-state index in [0.717, 1.165) is 21.2 Å². The van der Waals surface area contributed by atoms with Crippen LogP contribution < -0.4 is 5.73 Å². The second kappa shape index (κ2) is 4.77. The van der Waals surface area contributed by atoms with Crippen LogP contribution in [0.3, 0.4) is 0 Å². The molecule has 0 spiro atoms. The number of rotatable bonds is 3. The summed E-state index contributed by atoms with van der Waals surface area (Å²) in [6.45, 7) is 4.00. The molecule has 15 heavy (non-hydrogen) atoms. The SMILES string of the molecule is Cc1c(Br)ccc(C(CN)C(=O)O)c1C. The number of hydrogen-bond acceptors (Lipinski definition) is 2. The second-order valence-electron chi connectivity index (χ2n) is 3.51. The van der Waals surface area contributed by atoms with Crippen LogP contribution in [0.4, 0.5) is 0 Å². The van der Waals surface area contributed by atoms with Crippen LogP contribution >= 0.6 is 15.9 Å². The lowest BCUT2D eigenvalue weighted by atomic mass is 9.92. The largest absolute Gasteiger partial charge is 0.481 e. The number of hydrogen-bond donors (Lipinski definition) is 2. The molecule has 3 nitrogen and oxygen atoms in total. The van der Waals surface area contributed by atoms with Crippen molar-refractivity contribution in [2.24, 2.45) is 5.73 Å². The molecule has 4 heteroatoms. The molecule has 0 aromatic heterocycles. The molecule has 0 aliphatic carbocycles. The van der Waals surface area contributed by atoms with E-state index in [0.29, 0.717) is 0 Å². The summed E-state index contributed by atoms with van der Waals surface area (Å²) in [5.74, 6) is -1.49. The van der Waals surface area contributed by atoms with Crippen LogP contribution in [0, 0.1) is 13.8 Å². The van der Waals surface area contributed by atoms with E-state index < -0.39 is 11.9 Å². The number of benzene rings is 1. The lowest BCUT2D eigenvalue weighted by molar-refractivity contribution is -0.138. The molecule has 0 heterocycles. The molecule has 3 N–H and O–H groups in total. The highest BCUT2D eigenvalue weighted by Crippen LogP contribution is 2.27. The van der Waals surface area contributed by atoms with Gasteiger partial charge in [-0.2, -0.15) is 0 Å². The Morgan fingerprint density at radius 1 is 1.47 bits per heavy atom. The van der Waals surface area contributed by atoms with Crippen LogP contribution in [0.5, 0.6) is 0 Å². The monoisotopic (exact) mass is 271 g/mol. The first kappa shape index (κ1) is 12.2. The molecule has 0 aliphatic rings. The first-order valence-corrected chi connectivity index (χ1v) is 5.46.